The quantitative estimate of drug-likeness (QED) is 0.727. The maximum Gasteiger partial charge on any atom is 0.229 e. The van der Waals surface area contributed by atoms with Crippen molar-refractivity contribution in [1.29, 1.82) is 0 Å². The first-order chi connectivity index (χ1) is 9.19. The van der Waals surface area contributed by atoms with E-state index < -0.39 is 0 Å². The molecule has 0 aliphatic carbocycles. The Morgan fingerprint density at radius 2 is 1.89 bits per heavy atom. The number of hydrogen-bond acceptors (Lipinski definition) is 6. The molecule has 1 atom stereocenters. The first-order valence-corrected chi connectivity index (χ1v) is 6.98. The summed E-state index contributed by atoms with van der Waals surface area (Å²) >= 11 is 5.89. The SMILES string of the molecule is CCCNc1nc(Cl)nc(NC(CCC)COC)n1. The van der Waals surface area contributed by atoms with Gasteiger partial charge in [0, 0.05) is 13.7 Å². The standard InChI is InChI=1S/C12H22ClN5O/c1-4-6-9(8-19-3)15-12-17-10(13)16-11(18-12)14-7-5-2/h9H,4-8H2,1-3H3,(H2,14,15,16,17,18). The van der Waals surface area contributed by atoms with Crippen molar-refractivity contribution in [2.24, 2.45) is 0 Å². The predicted octanol–water partition coefficient (Wildman–Crippen LogP) is 2.57. The fourth-order valence-corrected chi connectivity index (χ4v) is 1.82. The Labute approximate surface area is 119 Å². The van der Waals surface area contributed by atoms with E-state index in [2.05, 4.69) is 39.4 Å². The van der Waals surface area contributed by atoms with Crippen molar-refractivity contribution in [3.8, 4) is 0 Å². The van der Waals surface area contributed by atoms with Crippen LogP contribution in [0.15, 0.2) is 0 Å². The first-order valence-electron chi connectivity index (χ1n) is 6.60. The minimum Gasteiger partial charge on any atom is -0.383 e. The van der Waals surface area contributed by atoms with Crippen molar-refractivity contribution in [3.63, 3.8) is 0 Å². The van der Waals surface area contributed by atoms with Crippen molar-refractivity contribution < 1.29 is 4.74 Å². The largest absolute Gasteiger partial charge is 0.383 e. The Hall–Kier alpha value is -1.14. The normalized spacial score (nSPS) is 12.2. The number of nitrogens with zero attached hydrogens (tertiary/aromatic N) is 3. The average molecular weight is 288 g/mol. The van der Waals surface area contributed by atoms with Crippen LogP contribution in [-0.2, 0) is 4.74 Å². The molecular formula is C12H22ClN5O. The van der Waals surface area contributed by atoms with Crippen LogP contribution in [0.4, 0.5) is 11.9 Å². The summed E-state index contributed by atoms with van der Waals surface area (Å²) in [5, 5.41) is 6.51. The molecule has 0 spiro atoms. The number of nitrogens with one attached hydrogen (secondary N) is 2. The molecule has 1 heterocycles. The van der Waals surface area contributed by atoms with Crippen molar-refractivity contribution in [3.05, 3.63) is 5.28 Å². The molecule has 1 aromatic rings. The van der Waals surface area contributed by atoms with E-state index in [-0.39, 0.29) is 11.3 Å². The molecule has 19 heavy (non-hydrogen) atoms. The van der Waals surface area contributed by atoms with Crippen LogP contribution in [0, 0.1) is 0 Å². The van der Waals surface area contributed by atoms with Gasteiger partial charge in [-0.2, -0.15) is 15.0 Å². The summed E-state index contributed by atoms with van der Waals surface area (Å²) in [5.74, 6) is 0.978. The van der Waals surface area contributed by atoms with Crippen LogP contribution < -0.4 is 10.6 Å². The van der Waals surface area contributed by atoms with Gasteiger partial charge < -0.3 is 15.4 Å². The summed E-state index contributed by atoms with van der Waals surface area (Å²) in [6.07, 6.45) is 3.03. The topological polar surface area (TPSA) is 72.0 Å². The summed E-state index contributed by atoms with van der Waals surface area (Å²) < 4.78 is 5.17. The Bertz CT molecular complexity index is 371. The molecule has 1 rings (SSSR count). The van der Waals surface area contributed by atoms with Crippen LogP contribution in [0.3, 0.4) is 0 Å². The third kappa shape index (κ3) is 6.02. The third-order valence-electron chi connectivity index (χ3n) is 2.48. The molecule has 0 bridgehead atoms. The lowest BCUT2D eigenvalue weighted by atomic mass is 10.2. The highest BCUT2D eigenvalue weighted by atomic mass is 35.5. The van der Waals surface area contributed by atoms with Gasteiger partial charge in [0.05, 0.1) is 12.6 Å². The van der Waals surface area contributed by atoms with Gasteiger partial charge in [-0.25, -0.2) is 0 Å². The van der Waals surface area contributed by atoms with Gasteiger partial charge in [-0.05, 0) is 24.4 Å². The van der Waals surface area contributed by atoms with Gasteiger partial charge in [0.2, 0.25) is 17.2 Å². The molecule has 0 aliphatic heterocycles. The van der Waals surface area contributed by atoms with Crippen LogP contribution >= 0.6 is 11.6 Å². The van der Waals surface area contributed by atoms with Crippen molar-refractivity contribution >= 4 is 23.5 Å². The van der Waals surface area contributed by atoms with E-state index in [0.29, 0.717) is 18.5 Å². The highest BCUT2D eigenvalue weighted by Crippen LogP contribution is 2.12. The summed E-state index contributed by atoms with van der Waals surface area (Å²) in [5.41, 5.74) is 0. The van der Waals surface area contributed by atoms with Gasteiger partial charge in [-0.15, -0.1) is 0 Å². The lowest BCUT2D eigenvalue weighted by molar-refractivity contribution is 0.182. The highest BCUT2D eigenvalue weighted by Gasteiger charge is 2.11. The maximum atomic E-state index is 5.89. The fraction of sp³-hybridized carbons (Fsp3) is 0.750. The average Bonchev–Trinajstić information content (AvgIpc) is 2.36. The second kappa shape index (κ2) is 8.87. The highest BCUT2D eigenvalue weighted by molar-refractivity contribution is 6.28. The molecule has 108 valence electrons. The van der Waals surface area contributed by atoms with Crippen LogP contribution in [-0.4, -0.2) is 41.3 Å². The molecule has 0 radical (unpaired) electrons. The zero-order chi connectivity index (χ0) is 14.1. The molecule has 0 saturated heterocycles. The van der Waals surface area contributed by atoms with E-state index in [0.717, 1.165) is 25.8 Å². The molecule has 0 saturated carbocycles. The zero-order valence-corrected chi connectivity index (χ0v) is 12.5. The van der Waals surface area contributed by atoms with Gasteiger partial charge in [0.15, 0.2) is 0 Å². The number of methoxy groups -OCH3 is 1. The molecular weight excluding hydrogens is 266 g/mol. The number of halogens is 1. The Morgan fingerprint density at radius 1 is 1.16 bits per heavy atom. The molecule has 1 aromatic heterocycles. The number of anilines is 2. The molecule has 6 nitrogen and oxygen atoms in total. The molecule has 0 aliphatic rings. The predicted molar refractivity (Wildman–Crippen MR) is 77.8 cm³/mol. The molecule has 0 aromatic carbocycles. The monoisotopic (exact) mass is 287 g/mol. The van der Waals surface area contributed by atoms with Crippen molar-refractivity contribution in [2.45, 2.75) is 39.2 Å². The summed E-state index contributed by atoms with van der Waals surface area (Å²) in [6.45, 7) is 5.61. The van der Waals surface area contributed by atoms with Crippen molar-refractivity contribution in [1.82, 2.24) is 15.0 Å². The van der Waals surface area contributed by atoms with E-state index >= 15 is 0 Å². The van der Waals surface area contributed by atoms with E-state index in [9.17, 15) is 0 Å². The smallest absolute Gasteiger partial charge is 0.229 e. The Morgan fingerprint density at radius 3 is 2.53 bits per heavy atom. The summed E-state index contributed by atoms with van der Waals surface area (Å²) in [6, 6.07) is 0.174. The number of ether oxygens (including phenoxy) is 1. The van der Waals surface area contributed by atoms with Gasteiger partial charge in [-0.1, -0.05) is 20.3 Å². The van der Waals surface area contributed by atoms with Gasteiger partial charge >= 0.3 is 0 Å². The zero-order valence-electron chi connectivity index (χ0n) is 11.7. The Kier molecular flexibility index (Phi) is 7.43. The van der Waals surface area contributed by atoms with Crippen LogP contribution in [0.2, 0.25) is 5.28 Å². The second-order valence-corrected chi connectivity index (χ2v) is 4.60. The van der Waals surface area contributed by atoms with E-state index in [4.69, 9.17) is 16.3 Å². The van der Waals surface area contributed by atoms with Crippen LogP contribution in [0.5, 0.6) is 0 Å². The van der Waals surface area contributed by atoms with Crippen LogP contribution in [0.25, 0.3) is 0 Å². The minimum absolute atomic E-state index is 0.174. The first kappa shape index (κ1) is 15.9. The van der Waals surface area contributed by atoms with Gasteiger partial charge in [0.1, 0.15) is 0 Å². The van der Waals surface area contributed by atoms with Crippen LogP contribution in [0.1, 0.15) is 33.1 Å². The molecule has 2 N–H and O–H groups in total. The number of aromatic nitrogens is 3. The van der Waals surface area contributed by atoms with E-state index in [1.54, 1.807) is 7.11 Å². The molecule has 0 fully saturated rings. The molecule has 1 unspecified atom stereocenters. The molecule has 7 heteroatoms. The lowest BCUT2D eigenvalue weighted by Gasteiger charge is -2.17. The maximum absolute atomic E-state index is 5.89. The second-order valence-electron chi connectivity index (χ2n) is 4.26. The van der Waals surface area contributed by atoms with E-state index in [1.807, 2.05) is 0 Å². The molecule has 0 amide bonds. The minimum atomic E-state index is 0.174. The summed E-state index contributed by atoms with van der Waals surface area (Å²) in [7, 11) is 1.68. The Balaban J connectivity index is 2.72. The lowest BCUT2D eigenvalue weighted by Crippen LogP contribution is -2.26. The number of hydrogen-bond donors (Lipinski definition) is 2. The third-order valence-corrected chi connectivity index (χ3v) is 2.65. The van der Waals surface area contributed by atoms with E-state index in [1.165, 1.54) is 0 Å². The number of rotatable bonds is 9. The van der Waals surface area contributed by atoms with Gasteiger partial charge in [-0.3, -0.25) is 0 Å². The van der Waals surface area contributed by atoms with Crippen molar-refractivity contribution in [2.75, 3.05) is 30.9 Å². The van der Waals surface area contributed by atoms with Gasteiger partial charge in [0.25, 0.3) is 0 Å². The summed E-state index contributed by atoms with van der Waals surface area (Å²) in [4.78, 5) is 12.4. The fourth-order valence-electron chi connectivity index (χ4n) is 1.66.